The molecule has 0 aliphatic carbocycles. The van der Waals surface area contributed by atoms with Crippen LogP contribution in [0.5, 0.6) is 0 Å². The topological polar surface area (TPSA) is 92.7 Å². The van der Waals surface area contributed by atoms with Crippen LogP contribution in [0.4, 0.5) is 5.69 Å². The second kappa shape index (κ2) is 6.16. The number of hydrogen-bond donors (Lipinski definition) is 2. The van der Waals surface area contributed by atoms with Gasteiger partial charge in [-0.15, -0.1) is 0 Å². The smallest absolute Gasteiger partial charge is 0.272 e. The molecule has 2 N–H and O–H groups in total. The van der Waals surface area contributed by atoms with E-state index in [4.69, 9.17) is 0 Å². The number of H-pyrrole nitrogens is 1. The Balaban J connectivity index is 1.78. The molecule has 28 heavy (non-hydrogen) atoms. The number of rotatable bonds is 3. The Morgan fingerprint density at radius 2 is 1.96 bits per heavy atom. The van der Waals surface area contributed by atoms with E-state index in [1.807, 2.05) is 42.1 Å². The summed E-state index contributed by atoms with van der Waals surface area (Å²) in [6.07, 6.45) is 4.48. The first-order chi connectivity index (χ1) is 13.7. The largest absolute Gasteiger partial charge is 0.377 e. The van der Waals surface area contributed by atoms with Crippen molar-refractivity contribution in [1.82, 2.24) is 19.7 Å². The Kier molecular flexibility index (Phi) is 3.61. The van der Waals surface area contributed by atoms with Gasteiger partial charge in [-0.2, -0.15) is 5.10 Å². The van der Waals surface area contributed by atoms with E-state index in [-0.39, 0.29) is 17.5 Å². The Bertz CT molecular complexity index is 1260. The zero-order valence-corrected chi connectivity index (χ0v) is 15.1. The van der Waals surface area contributed by atoms with Gasteiger partial charge in [-0.3, -0.25) is 9.59 Å². The first-order valence-electron chi connectivity index (χ1n) is 8.97. The summed E-state index contributed by atoms with van der Waals surface area (Å²) in [6.45, 7) is 0. The van der Waals surface area contributed by atoms with E-state index in [1.165, 1.54) is 0 Å². The van der Waals surface area contributed by atoms with Crippen molar-refractivity contribution in [2.24, 2.45) is 7.05 Å². The molecule has 7 nitrogen and oxygen atoms in total. The number of nitrogens with one attached hydrogen (secondary N) is 2. The van der Waals surface area contributed by atoms with Crippen molar-refractivity contribution in [2.75, 3.05) is 5.32 Å². The van der Waals surface area contributed by atoms with Crippen molar-refractivity contribution in [2.45, 2.75) is 12.0 Å². The highest BCUT2D eigenvalue weighted by Gasteiger charge is 2.36. The molecule has 4 aromatic rings. The molecule has 1 aliphatic heterocycles. The van der Waals surface area contributed by atoms with Crippen LogP contribution in [0.15, 0.2) is 59.7 Å². The van der Waals surface area contributed by atoms with Crippen LogP contribution in [0.1, 0.15) is 39.4 Å². The third-order valence-electron chi connectivity index (χ3n) is 5.35. The number of hydrogen-bond acceptors (Lipinski definition) is 5. The number of aryl methyl sites for hydroxylation is 1. The number of nitrogens with zero attached hydrogens (tertiary/aromatic N) is 3. The van der Waals surface area contributed by atoms with Crippen molar-refractivity contribution < 1.29 is 4.79 Å². The predicted octanol–water partition coefficient (Wildman–Crippen LogP) is 2.77. The molecule has 0 spiro atoms. The molecule has 0 saturated heterocycles. The standard InChI is InChI=1S/C21H17N5O2/c1-26-10-9-22-20(26)17-18(13-7-5-12(11-27)6-8-13)23-15-4-2-3-14-16(15)19(17)24-25-21(14)28/h2-11,17-18,23H,1H3,(H,25,28). The molecule has 2 aromatic heterocycles. The Hall–Kier alpha value is -3.74. The minimum absolute atomic E-state index is 0.154. The Morgan fingerprint density at radius 1 is 1.14 bits per heavy atom. The van der Waals surface area contributed by atoms with Gasteiger partial charge in [0, 0.05) is 36.1 Å². The van der Waals surface area contributed by atoms with Crippen molar-refractivity contribution in [3.05, 3.63) is 87.9 Å². The van der Waals surface area contributed by atoms with Gasteiger partial charge in [0.2, 0.25) is 0 Å². The lowest BCUT2D eigenvalue weighted by Gasteiger charge is -2.34. The van der Waals surface area contributed by atoms with E-state index in [1.54, 1.807) is 24.4 Å². The van der Waals surface area contributed by atoms with E-state index in [0.717, 1.165) is 34.4 Å². The molecule has 0 amide bonds. The van der Waals surface area contributed by atoms with Gasteiger partial charge in [0.25, 0.3) is 5.56 Å². The van der Waals surface area contributed by atoms with Gasteiger partial charge in [-0.25, -0.2) is 10.1 Å². The number of aldehydes is 1. The van der Waals surface area contributed by atoms with Crippen molar-refractivity contribution in [3.8, 4) is 0 Å². The molecular weight excluding hydrogens is 354 g/mol. The molecule has 2 atom stereocenters. The summed E-state index contributed by atoms with van der Waals surface area (Å²) in [4.78, 5) is 27.9. The zero-order chi connectivity index (χ0) is 19.3. The molecule has 0 saturated carbocycles. The summed E-state index contributed by atoms with van der Waals surface area (Å²) < 4.78 is 1.96. The van der Waals surface area contributed by atoms with E-state index < -0.39 is 0 Å². The third-order valence-corrected chi connectivity index (χ3v) is 5.35. The first kappa shape index (κ1) is 16.4. The quantitative estimate of drug-likeness (QED) is 0.540. The van der Waals surface area contributed by atoms with Gasteiger partial charge in [-0.1, -0.05) is 30.3 Å². The van der Waals surface area contributed by atoms with Gasteiger partial charge >= 0.3 is 0 Å². The Morgan fingerprint density at radius 3 is 2.68 bits per heavy atom. The van der Waals surface area contributed by atoms with E-state index in [2.05, 4.69) is 20.5 Å². The van der Waals surface area contributed by atoms with Crippen molar-refractivity contribution >= 4 is 22.7 Å². The highest BCUT2D eigenvalue weighted by atomic mass is 16.1. The molecular formula is C21H17N5O2. The first-order valence-corrected chi connectivity index (χ1v) is 8.97. The summed E-state index contributed by atoms with van der Waals surface area (Å²) in [6, 6.07) is 12.9. The number of aromatic nitrogens is 4. The maximum Gasteiger partial charge on any atom is 0.272 e. The maximum atomic E-state index is 12.3. The average molecular weight is 371 g/mol. The van der Waals surface area contributed by atoms with Crippen LogP contribution in [0.25, 0.3) is 10.8 Å². The predicted molar refractivity (Wildman–Crippen MR) is 106 cm³/mol. The second-order valence-corrected chi connectivity index (χ2v) is 6.95. The lowest BCUT2D eigenvalue weighted by atomic mass is 9.83. The zero-order valence-electron chi connectivity index (χ0n) is 15.1. The molecule has 138 valence electrons. The van der Waals surface area contributed by atoms with Crippen LogP contribution in [0.3, 0.4) is 0 Å². The number of imidazole rings is 1. The van der Waals surface area contributed by atoms with Crippen LogP contribution < -0.4 is 10.9 Å². The van der Waals surface area contributed by atoms with Gasteiger partial charge in [0.1, 0.15) is 12.1 Å². The lowest BCUT2D eigenvalue weighted by Crippen LogP contribution is -2.29. The summed E-state index contributed by atoms with van der Waals surface area (Å²) in [5, 5.41) is 12.1. The fourth-order valence-corrected chi connectivity index (χ4v) is 4.00. The SMILES string of the molecule is Cn1ccnc1C1c2n[nH]c(=O)c3cccc(c23)NC1c1ccc(C=O)cc1. The number of carbonyl (C=O) groups is 1. The fourth-order valence-electron chi connectivity index (χ4n) is 4.00. The van der Waals surface area contributed by atoms with Crippen LogP contribution >= 0.6 is 0 Å². The van der Waals surface area contributed by atoms with Crippen LogP contribution in [0.2, 0.25) is 0 Å². The summed E-state index contributed by atoms with van der Waals surface area (Å²) in [5.74, 6) is 0.628. The van der Waals surface area contributed by atoms with E-state index in [9.17, 15) is 9.59 Å². The van der Waals surface area contributed by atoms with E-state index in [0.29, 0.717) is 10.9 Å². The molecule has 2 unspecified atom stereocenters. The molecule has 0 fully saturated rings. The minimum Gasteiger partial charge on any atom is -0.377 e. The minimum atomic E-state index is -0.213. The molecule has 0 radical (unpaired) electrons. The van der Waals surface area contributed by atoms with Crippen LogP contribution in [-0.4, -0.2) is 26.0 Å². The lowest BCUT2D eigenvalue weighted by molar-refractivity contribution is 0.112. The van der Waals surface area contributed by atoms with Gasteiger partial charge in [0.15, 0.2) is 0 Å². The number of anilines is 1. The molecule has 3 heterocycles. The number of aromatic amines is 1. The summed E-state index contributed by atoms with van der Waals surface area (Å²) in [5.41, 5.74) is 3.06. The second-order valence-electron chi connectivity index (χ2n) is 6.95. The van der Waals surface area contributed by atoms with Gasteiger partial charge < -0.3 is 9.88 Å². The molecule has 7 heteroatoms. The highest BCUT2D eigenvalue weighted by molar-refractivity contribution is 5.97. The van der Waals surface area contributed by atoms with Crippen molar-refractivity contribution in [1.29, 1.82) is 0 Å². The Labute approximate surface area is 160 Å². The van der Waals surface area contributed by atoms with Gasteiger partial charge in [-0.05, 0) is 17.7 Å². The normalized spacial score (nSPS) is 18.0. The summed E-state index contributed by atoms with van der Waals surface area (Å²) >= 11 is 0. The summed E-state index contributed by atoms with van der Waals surface area (Å²) in [7, 11) is 1.94. The van der Waals surface area contributed by atoms with Gasteiger partial charge in [0.05, 0.1) is 23.0 Å². The van der Waals surface area contributed by atoms with Crippen LogP contribution in [0, 0.1) is 0 Å². The molecule has 2 aromatic carbocycles. The molecule has 0 bridgehead atoms. The molecule has 5 rings (SSSR count). The number of benzene rings is 2. The third kappa shape index (κ3) is 2.36. The monoisotopic (exact) mass is 371 g/mol. The van der Waals surface area contributed by atoms with Crippen LogP contribution in [-0.2, 0) is 7.05 Å². The van der Waals surface area contributed by atoms with E-state index >= 15 is 0 Å². The number of carbonyl (C=O) groups excluding carboxylic acids is 1. The van der Waals surface area contributed by atoms with Crippen molar-refractivity contribution in [3.63, 3.8) is 0 Å². The maximum absolute atomic E-state index is 12.3. The fraction of sp³-hybridized carbons (Fsp3) is 0.143. The average Bonchev–Trinajstić information content (AvgIpc) is 3.15. The highest BCUT2D eigenvalue weighted by Crippen LogP contribution is 2.45. The molecule has 1 aliphatic rings.